The summed E-state index contributed by atoms with van der Waals surface area (Å²) in [6.45, 7) is 2.23. The molecule has 6 heteroatoms. The van der Waals surface area contributed by atoms with Crippen LogP contribution in [0.25, 0.3) is 10.8 Å². The molecule has 4 nitrogen and oxygen atoms in total. The zero-order valence-electron chi connectivity index (χ0n) is 17.1. The summed E-state index contributed by atoms with van der Waals surface area (Å²) in [6, 6.07) is 5.76. The number of benzene rings is 1. The van der Waals surface area contributed by atoms with Crippen LogP contribution in [-0.4, -0.2) is 28.6 Å². The molecule has 0 radical (unpaired) electrons. The van der Waals surface area contributed by atoms with E-state index in [0.717, 1.165) is 43.4 Å². The maximum Gasteiger partial charge on any atom is 0.255 e. The summed E-state index contributed by atoms with van der Waals surface area (Å²) < 4.78 is 6.34. The van der Waals surface area contributed by atoms with Crippen molar-refractivity contribution in [3.8, 4) is 5.75 Å². The van der Waals surface area contributed by atoms with Gasteiger partial charge in [0.05, 0.1) is 11.1 Å². The van der Waals surface area contributed by atoms with Crippen molar-refractivity contribution in [2.24, 2.45) is 17.1 Å². The Kier molecular flexibility index (Phi) is 6.47. The van der Waals surface area contributed by atoms with Gasteiger partial charge in [-0.25, -0.2) is 0 Å². The van der Waals surface area contributed by atoms with Crippen molar-refractivity contribution in [2.75, 3.05) is 11.5 Å². The van der Waals surface area contributed by atoms with E-state index in [4.69, 9.17) is 22.1 Å². The molecule has 1 saturated heterocycles. The standard InChI is InChI=1S/C23H31ClN2O2S/c1-2-21(25)23(16-6-11-29-12-7-16)8-3-17(4-9-23)28-20-13-15-5-10-26-22(27)18(15)14-19(20)24/h5,10,13-14,16-17,21H,2-4,6-9,11-12,25H2,1H3,(H,26,27)/t17-,21?,23+. The van der Waals surface area contributed by atoms with Crippen LogP contribution in [0.15, 0.2) is 29.2 Å². The highest BCUT2D eigenvalue weighted by atomic mass is 35.5. The fourth-order valence-corrected chi connectivity index (χ4v) is 6.78. The van der Waals surface area contributed by atoms with Crippen molar-refractivity contribution in [3.05, 3.63) is 39.8 Å². The third kappa shape index (κ3) is 4.19. The summed E-state index contributed by atoms with van der Waals surface area (Å²) in [4.78, 5) is 14.7. The van der Waals surface area contributed by atoms with Gasteiger partial charge in [-0.3, -0.25) is 4.79 Å². The van der Waals surface area contributed by atoms with Crippen LogP contribution in [0.4, 0.5) is 0 Å². The molecular formula is C23H31ClN2O2S. The number of rotatable bonds is 5. The molecule has 29 heavy (non-hydrogen) atoms. The van der Waals surface area contributed by atoms with E-state index in [1.165, 1.54) is 24.3 Å². The van der Waals surface area contributed by atoms with Crippen LogP contribution < -0.4 is 16.0 Å². The van der Waals surface area contributed by atoms with Crippen molar-refractivity contribution >= 4 is 34.1 Å². The summed E-state index contributed by atoms with van der Waals surface area (Å²) in [5.41, 5.74) is 6.84. The van der Waals surface area contributed by atoms with Gasteiger partial charge in [0.15, 0.2) is 0 Å². The fraction of sp³-hybridized carbons (Fsp3) is 0.609. The van der Waals surface area contributed by atoms with Crippen LogP contribution in [0.5, 0.6) is 5.75 Å². The number of fused-ring (bicyclic) bond motifs is 1. The Hall–Kier alpha value is -1.17. The van der Waals surface area contributed by atoms with E-state index in [9.17, 15) is 4.79 Å². The quantitative estimate of drug-likeness (QED) is 0.663. The molecule has 0 spiro atoms. The molecule has 2 fully saturated rings. The van der Waals surface area contributed by atoms with Gasteiger partial charge in [0.2, 0.25) is 0 Å². The average molecular weight is 435 g/mol. The predicted molar refractivity (Wildman–Crippen MR) is 123 cm³/mol. The fourth-order valence-electron chi connectivity index (χ4n) is 5.47. The second-order valence-electron chi connectivity index (χ2n) is 8.63. The Morgan fingerprint density at radius 3 is 2.69 bits per heavy atom. The normalized spacial score (nSPS) is 27.1. The van der Waals surface area contributed by atoms with Gasteiger partial charge in [-0.2, -0.15) is 11.8 Å². The third-order valence-electron chi connectivity index (χ3n) is 7.20. The van der Waals surface area contributed by atoms with Crippen LogP contribution in [0.2, 0.25) is 5.02 Å². The van der Waals surface area contributed by atoms with Crippen LogP contribution in [0, 0.1) is 11.3 Å². The molecule has 1 atom stereocenters. The Balaban J connectivity index is 1.49. The number of aromatic nitrogens is 1. The SMILES string of the molecule is CCC(N)[C@]1(C2CCSCC2)CC[C@H](Oc2cc3cc[nH]c(=O)c3cc2Cl)CC1. The van der Waals surface area contributed by atoms with Gasteiger partial charge >= 0.3 is 0 Å². The minimum Gasteiger partial charge on any atom is -0.489 e. The van der Waals surface area contributed by atoms with E-state index in [2.05, 4.69) is 23.7 Å². The van der Waals surface area contributed by atoms with Gasteiger partial charge in [-0.15, -0.1) is 0 Å². The molecule has 1 aliphatic carbocycles. The first-order chi connectivity index (χ1) is 14.0. The smallest absolute Gasteiger partial charge is 0.255 e. The summed E-state index contributed by atoms with van der Waals surface area (Å²) in [5, 5.41) is 1.95. The zero-order valence-corrected chi connectivity index (χ0v) is 18.7. The third-order valence-corrected chi connectivity index (χ3v) is 8.54. The first-order valence-corrected chi connectivity index (χ1v) is 12.4. The van der Waals surface area contributed by atoms with Crippen LogP contribution in [-0.2, 0) is 0 Å². The highest BCUT2D eigenvalue weighted by Gasteiger charge is 2.46. The average Bonchev–Trinajstić information content (AvgIpc) is 2.76. The van der Waals surface area contributed by atoms with Crippen molar-refractivity contribution in [2.45, 2.75) is 64.0 Å². The molecular weight excluding hydrogens is 404 g/mol. The number of pyridine rings is 1. The number of H-pyrrole nitrogens is 1. The van der Waals surface area contributed by atoms with Gasteiger partial charge in [0, 0.05) is 17.6 Å². The number of halogens is 1. The van der Waals surface area contributed by atoms with Crippen molar-refractivity contribution in [1.82, 2.24) is 4.98 Å². The summed E-state index contributed by atoms with van der Waals surface area (Å²) >= 11 is 8.53. The maximum absolute atomic E-state index is 12.0. The molecule has 2 heterocycles. The number of hydrogen-bond donors (Lipinski definition) is 2. The summed E-state index contributed by atoms with van der Waals surface area (Å²) in [6.07, 6.45) is 9.75. The Morgan fingerprint density at radius 2 is 2.00 bits per heavy atom. The number of ether oxygens (including phenoxy) is 1. The van der Waals surface area contributed by atoms with E-state index in [-0.39, 0.29) is 23.1 Å². The van der Waals surface area contributed by atoms with E-state index in [1.54, 1.807) is 12.3 Å². The van der Waals surface area contributed by atoms with Crippen molar-refractivity contribution in [1.29, 1.82) is 0 Å². The first-order valence-electron chi connectivity index (χ1n) is 10.8. The van der Waals surface area contributed by atoms with Gasteiger partial charge in [0.1, 0.15) is 5.75 Å². The van der Waals surface area contributed by atoms with E-state index in [0.29, 0.717) is 16.2 Å². The molecule has 0 amide bonds. The molecule has 158 valence electrons. The number of hydrogen-bond acceptors (Lipinski definition) is 4. The second-order valence-corrected chi connectivity index (χ2v) is 10.3. The molecule has 2 aromatic rings. The predicted octanol–water partition coefficient (Wildman–Crippen LogP) is 5.37. The highest BCUT2D eigenvalue weighted by molar-refractivity contribution is 7.99. The lowest BCUT2D eigenvalue weighted by Gasteiger charge is -2.50. The largest absolute Gasteiger partial charge is 0.489 e. The van der Waals surface area contributed by atoms with Crippen LogP contribution in [0.1, 0.15) is 51.9 Å². The lowest BCUT2D eigenvalue weighted by molar-refractivity contribution is 0.0102. The molecule has 0 bridgehead atoms. The van der Waals surface area contributed by atoms with Crippen molar-refractivity contribution in [3.63, 3.8) is 0 Å². The molecule has 1 aromatic heterocycles. The molecule has 4 rings (SSSR count). The maximum atomic E-state index is 12.0. The van der Waals surface area contributed by atoms with Gasteiger partial charge in [-0.05, 0) is 91.4 Å². The molecule has 3 N–H and O–H groups in total. The molecule has 2 aliphatic rings. The number of aromatic amines is 1. The summed E-state index contributed by atoms with van der Waals surface area (Å²) in [7, 11) is 0. The van der Waals surface area contributed by atoms with Gasteiger partial charge in [0.25, 0.3) is 5.56 Å². The van der Waals surface area contributed by atoms with E-state index in [1.807, 2.05) is 12.1 Å². The zero-order chi connectivity index (χ0) is 20.4. The molecule has 1 aromatic carbocycles. The number of thioether (sulfide) groups is 1. The minimum absolute atomic E-state index is 0.127. The first kappa shape index (κ1) is 21.1. The van der Waals surface area contributed by atoms with Gasteiger partial charge in [-0.1, -0.05) is 18.5 Å². The van der Waals surface area contributed by atoms with E-state index >= 15 is 0 Å². The lowest BCUT2D eigenvalue weighted by Crippen LogP contribution is -2.51. The topological polar surface area (TPSA) is 68.1 Å². The number of nitrogens with one attached hydrogen (secondary N) is 1. The van der Waals surface area contributed by atoms with Crippen LogP contribution in [0.3, 0.4) is 0 Å². The van der Waals surface area contributed by atoms with Crippen molar-refractivity contribution < 1.29 is 4.74 Å². The Bertz CT molecular complexity index is 901. The van der Waals surface area contributed by atoms with Gasteiger partial charge < -0.3 is 15.5 Å². The summed E-state index contributed by atoms with van der Waals surface area (Å²) in [5.74, 6) is 3.97. The Labute approximate surface area is 181 Å². The molecule has 1 unspecified atom stereocenters. The van der Waals surface area contributed by atoms with Crippen LogP contribution >= 0.6 is 23.4 Å². The highest BCUT2D eigenvalue weighted by Crippen LogP contribution is 2.50. The molecule has 1 saturated carbocycles. The number of nitrogens with two attached hydrogens (primary N) is 1. The minimum atomic E-state index is -0.127. The monoisotopic (exact) mass is 434 g/mol. The lowest BCUT2D eigenvalue weighted by atomic mass is 9.59. The molecule has 1 aliphatic heterocycles. The second kappa shape index (κ2) is 8.91. The van der Waals surface area contributed by atoms with E-state index < -0.39 is 0 Å². The Morgan fingerprint density at radius 1 is 1.28 bits per heavy atom.